The number of aromatic amines is 1. The Kier molecular flexibility index (Phi) is 3.04. The highest BCUT2D eigenvalue weighted by Crippen LogP contribution is 2.32. The number of imidazole rings is 1. The van der Waals surface area contributed by atoms with E-state index in [9.17, 15) is 0 Å². The number of nitrogens with one attached hydrogen (secondary N) is 2. The van der Waals surface area contributed by atoms with Gasteiger partial charge in [-0.1, -0.05) is 6.07 Å². The SMILES string of the molecule is N#CC(NCc1ccc2c(c1)OCO2)c1cnc[nH]1. The predicted octanol–water partition coefficient (Wildman–Crippen LogP) is 1.49. The minimum absolute atomic E-state index is 0.265. The minimum Gasteiger partial charge on any atom is -0.454 e. The maximum absolute atomic E-state index is 9.13. The molecular weight excluding hydrogens is 244 g/mol. The number of nitrogens with zero attached hydrogens (tertiary/aromatic N) is 2. The Morgan fingerprint density at radius 3 is 3.11 bits per heavy atom. The summed E-state index contributed by atoms with van der Waals surface area (Å²) in [4.78, 5) is 6.84. The Hall–Kier alpha value is -2.52. The van der Waals surface area contributed by atoms with Gasteiger partial charge in [-0.05, 0) is 17.7 Å². The fourth-order valence-corrected chi connectivity index (χ4v) is 1.92. The lowest BCUT2D eigenvalue weighted by Gasteiger charge is -2.10. The molecule has 0 fully saturated rings. The highest BCUT2D eigenvalue weighted by Gasteiger charge is 2.15. The Morgan fingerprint density at radius 2 is 2.32 bits per heavy atom. The predicted molar refractivity (Wildman–Crippen MR) is 66.3 cm³/mol. The van der Waals surface area contributed by atoms with Crippen molar-refractivity contribution in [1.29, 1.82) is 5.26 Å². The number of nitriles is 1. The fourth-order valence-electron chi connectivity index (χ4n) is 1.92. The van der Waals surface area contributed by atoms with E-state index in [1.54, 1.807) is 12.5 Å². The molecule has 2 N–H and O–H groups in total. The van der Waals surface area contributed by atoms with Gasteiger partial charge in [-0.3, -0.25) is 5.32 Å². The third kappa shape index (κ3) is 2.37. The van der Waals surface area contributed by atoms with Crippen LogP contribution >= 0.6 is 0 Å². The van der Waals surface area contributed by atoms with Crippen molar-refractivity contribution < 1.29 is 9.47 Å². The van der Waals surface area contributed by atoms with Crippen LogP contribution in [0.3, 0.4) is 0 Å². The molecule has 1 atom stereocenters. The fraction of sp³-hybridized carbons (Fsp3) is 0.231. The molecule has 3 rings (SSSR count). The van der Waals surface area contributed by atoms with Gasteiger partial charge < -0.3 is 14.5 Å². The van der Waals surface area contributed by atoms with Crippen molar-refractivity contribution in [1.82, 2.24) is 15.3 Å². The van der Waals surface area contributed by atoms with Crippen molar-refractivity contribution in [3.05, 3.63) is 42.0 Å². The molecule has 0 amide bonds. The molecule has 2 aromatic rings. The number of rotatable bonds is 4. The van der Waals surface area contributed by atoms with Crippen molar-refractivity contribution in [2.45, 2.75) is 12.6 Å². The number of ether oxygens (including phenoxy) is 2. The topological polar surface area (TPSA) is 83.0 Å². The van der Waals surface area contributed by atoms with Crippen molar-refractivity contribution >= 4 is 0 Å². The number of hydrogen-bond donors (Lipinski definition) is 2. The van der Waals surface area contributed by atoms with E-state index in [2.05, 4.69) is 21.4 Å². The molecule has 2 heterocycles. The zero-order valence-corrected chi connectivity index (χ0v) is 10.1. The van der Waals surface area contributed by atoms with Crippen molar-refractivity contribution in [3.8, 4) is 17.6 Å². The van der Waals surface area contributed by atoms with Crippen LogP contribution in [-0.4, -0.2) is 16.8 Å². The van der Waals surface area contributed by atoms with Gasteiger partial charge in [-0.15, -0.1) is 0 Å². The van der Waals surface area contributed by atoms with E-state index in [-0.39, 0.29) is 6.79 Å². The summed E-state index contributed by atoms with van der Waals surface area (Å²) < 4.78 is 10.6. The van der Waals surface area contributed by atoms with Gasteiger partial charge in [0.2, 0.25) is 6.79 Å². The van der Waals surface area contributed by atoms with Crippen molar-refractivity contribution in [2.75, 3.05) is 6.79 Å². The second-order valence-electron chi connectivity index (χ2n) is 4.14. The first-order valence-corrected chi connectivity index (χ1v) is 5.86. The van der Waals surface area contributed by atoms with Gasteiger partial charge in [-0.25, -0.2) is 4.98 Å². The van der Waals surface area contributed by atoms with Gasteiger partial charge in [-0.2, -0.15) is 5.26 Å². The van der Waals surface area contributed by atoms with Crippen LogP contribution in [0.1, 0.15) is 17.3 Å². The lowest BCUT2D eigenvalue weighted by molar-refractivity contribution is 0.174. The van der Waals surface area contributed by atoms with Gasteiger partial charge in [0.25, 0.3) is 0 Å². The minimum atomic E-state index is -0.409. The standard InChI is InChI=1S/C13H12N4O2/c14-4-10(11-6-15-7-17-11)16-5-9-1-2-12-13(3-9)19-8-18-12/h1-3,6-7,10,16H,5,8H2,(H,15,17). The van der Waals surface area contributed by atoms with E-state index in [1.165, 1.54) is 0 Å². The van der Waals surface area contributed by atoms with Crippen LogP contribution in [0.25, 0.3) is 0 Å². The lowest BCUT2D eigenvalue weighted by Crippen LogP contribution is -2.19. The van der Waals surface area contributed by atoms with Crippen LogP contribution in [0.4, 0.5) is 0 Å². The highest BCUT2D eigenvalue weighted by atomic mass is 16.7. The maximum Gasteiger partial charge on any atom is 0.231 e. The molecule has 1 unspecified atom stereocenters. The largest absolute Gasteiger partial charge is 0.454 e. The number of aromatic nitrogens is 2. The molecule has 1 aromatic heterocycles. The second kappa shape index (κ2) is 5.00. The number of H-pyrrole nitrogens is 1. The molecule has 19 heavy (non-hydrogen) atoms. The molecule has 0 aliphatic carbocycles. The Labute approximate surface area is 110 Å². The first-order valence-electron chi connectivity index (χ1n) is 5.86. The van der Waals surface area contributed by atoms with Gasteiger partial charge >= 0.3 is 0 Å². The molecule has 0 radical (unpaired) electrons. The van der Waals surface area contributed by atoms with E-state index < -0.39 is 6.04 Å². The first kappa shape index (κ1) is 11.6. The van der Waals surface area contributed by atoms with Crippen LogP contribution in [-0.2, 0) is 6.54 Å². The average molecular weight is 256 g/mol. The maximum atomic E-state index is 9.13. The third-order valence-electron chi connectivity index (χ3n) is 2.91. The molecule has 1 aromatic carbocycles. The Balaban J connectivity index is 1.67. The molecule has 0 saturated heterocycles. The zero-order chi connectivity index (χ0) is 13.1. The molecule has 96 valence electrons. The summed E-state index contributed by atoms with van der Waals surface area (Å²) in [5.74, 6) is 1.50. The van der Waals surface area contributed by atoms with Crippen LogP contribution in [0.5, 0.6) is 11.5 Å². The normalized spacial score (nSPS) is 14.1. The first-order chi connectivity index (χ1) is 9.36. The van der Waals surface area contributed by atoms with Gasteiger partial charge in [0.05, 0.1) is 24.3 Å². The van der Waals surface area contributed by atoms with Crippen LogP contribution in [0.15, 0.2) is 30.7 Å². The van der Waals surface area contributed by atoms with Gasteiger partial charge in [0.1, 0.15) is 6.04 Å². The van der Waals surface area contributed by atoms with Crippen LogP contribution < -0.4 is 14.8 Å². The third-order valence-corrected chi connectivity index (χ3v) is 2.91. The molecule has 0 spiro atoms. The Bertz CT molecular complexity index is 604. The average Bonchev–Trinajstić information content (AvgIpc) is 3.10. The van der Waals surface area contributed by atoms with Gasteiger partial charge in [0, 0.05) is 6.54 Å². The molecule has 0 bridgehead atoms. The summed E-state index contributed by atoms with van der Waals surface area (Å²) in [6, 6.07) is 7.51. The molecule has 1 aliphatic heterocycles. The Morgan fingerprint density at radius 1 is 1.42 bits per heavy atom. The quantitative estimate of drug-likeness (QED) is 0.866. The van der Waals surface area contributed by atoms with E-state index in [0.717, 1.165) is 22.8 Å². The van der Waals surface area contributed by atoms with E-state index in [1.807, 2.05) is 18.2 Å². The monoisotopic (exact) mass is 256 g/mol. The highest BCUT2D eigenvalue weighted by molar-refractivity contribution is 5.44. The lowest BCUT2D eigenvalue weighted by atomic mass is 10.1. The van der Waals surface area contributed by atoms with Crippen molar-refractivity contribution in [2.24, 2.45) is 0 Å². The summed E-state index contributed by atoms with van der Waals surface area (Å²) >= 11 is 0. The van der Waals surface area contributed by atoms with Crippen LogP contribution in [0, 0.1) is 11.3 Å². The molecule has 6 nitrogen and oxygen atoms in total. The summed E-state index contributed by atoms with van der Waals surface area (Å²) in [5.41, 5.74) is 1.78. The van der Waals surface area contributed by atoms with Crippen LogP contribution in [0.2, 0.25) is 0 Å². The van der Waals surface area contributed by atoms with Gasteiger partial charge in [0.15, 0.2) is 11.5 Å². The number of hydrogen-bond acceptors (Lipinski definition) is 5. The molecule has 0 saturated carbocycles. The summed E-state index contributed by atoms with van der Waals surface area (Å²) in [6.45, 7) is 0.828. The number of fused-ring (bicyclic) bond motifs is 1. The molecular formula is C13H12N4O2. The summed E-state index contributed by atoms with van der Waals surface area (Å²) in [7, 11) is 0. The summed E-state index contributed by atoms with van der Waals surface area (Å²) in [6.07, 6.45) is 3.20. The smallest absolute Gasteiger partial charge is 0.231 e. The summed E-state index contributed by atoms with van der Waals surface area (Å²) in [5, 5.41) is 12.3. The molecule has 6 heteroatoms. The molecule has 1 aliphatic rings. The van der Waals surface area contributed by atoms with E-state index in [0.29, 0.717) is 6.54 Å². The second-order valence-corrected chi connectivity index (χ2v) is 4.14. The zero-order valence-electron chi connectivity index (χ0n) is 10.1. The van der Waals surface area contributed by atoms with Crippen molar-refractivity contribution in [3.63, 3.8) is 0 Å². The van der Waals surface area contributed by atoms with E-state index in [4.69, 9.17) is 14.7 Å². The number of benzene rings is 1. The van der Waals surface area contributed by atoms with E-state index >= 15 is 0 Å².